The normalized spacial score (nSPS) is 16.8. The summed E-state index contributed by atoms with van der Waals surface area (Å²) >= 11 is 6.10. The highest BCUT2D eigenvalue weighted by atomic mass is 35.5. The predicted octanol–water partition coefficient (Wildman–Crippen LogP) is 4.61. The van der Waals surface area contributed by atoms with Crippen molar-refractivity contribution in [3.8, 4) is 16.9 Å². The third-order valence-electron chi connectivity index (χ3n) is 4.16. The largest absolute Gasteiger partial charge is 0.495 e. The van der Waals surface area contributed by atoms with Gasteiger partial charge >= 0.3 is 0 Å². The fourth-order valence-electron chi connectivity index (χ4n) is 3.09. The van der Waals surface area contributed by atoms with Crippen LogP contribution < -0.4 is 10.1 Å². The van der Waals surface area contributed by atoms with Crippen LogP contribution in [-0.2, 0) is 6.42 Å². The zero-order valence-electron chi connectivity index (χ0n) is 12.4. The first-order valence-corrected chi connectivity index (χ1v) is 7.81. The monoisotopic (exact) mass is 301 g/mol. The number of hydrogen-bond acceptors (Lipinski definition) is 2. The number of rotatable bonds is 4. The van der Waals surface area contributed by atoms with E-state index in [0.717, 1.165) is 24.3 Å². The van der Waals surface area contributed by atoms with Crippen molar-refractivity contribution in [2.24, 2.45) is 0 Å². The average molecular weight is 302 g/mol. The fourth-order valence-corrected chi connectivity index (χ4v) is 3.29. The summed E-state index contributed by atoms with van der Waals surface area (Å²) in [6.07, 6.45) is 2.34. The van der Waals surface area contributed by atoms with Crippen molar-refractivity contribution >= 4 is 11.6 Å². The summed E-state index contributed by atoms with van der Waals surface area (Å²) in [5.74, 6) is 0.722. The summed E-state index contributed by atoms with van der Waals surface area (Å²) in [7, 11) is 1.65. The lowest BCUT2D eigenvalue weighted by atomic mass is 9.99. The number of halogens is 1. The maximum atomic E-state index is 6.10. The maximum absolute atomic E-state index is 6.10. The van der Waals surface area contributed by atoms with Crippen LogP contribution in [0.1, 0.15) is 30.5 Å². The zero-order chi connectivity index (χ0) is 14.8. The van der Waals surface area contributed by atoms with Gasteiger partial charge in [0.2, 0.25) is 0 Å². The van der Waals surface area contributed by atoms with Crippen LogP contribution in [0.25, 0.3) is 11.1 Å². The number of fused-ring (bicyclic) bond motifs is 1. The minimum Gasteiger partial charge on any atom is -0.495 e. The highest BCUT2D eigenvalue weighted by Gasteiger charge is 2.21. The first-order chi connectivity index (χ1) is 10.2. The van der Waals surface area contributed by atoms with E-state index in [9.17, 15) is 0 Å². The third kappa shape index (κ3) is 2.78. The van der Waals surface area contributed by atoms with E-state index in [-0.39, 0.29) is 0 Å². The lowest BCUT2D eigenvalue weighted by Crippen LogP contribution is -2.18. The minimum atomic E-state index is 0.513. The molecule has 1 aliphatic carbocycles. The molecule has 1 N–H and O–H groups in total. The van der Waals surface area contributed by atoms with Crippen LogP contribution in [0, 0.1) is 0 Å². The second-order valence-corrected chi connectivity index (χ2v) is 5.82. The number of ether oxygens (including phenoxy) is 1. The van der Waals surface area contributed by atoms with Gasteiger partial charge in [-0.25, -0.2) is 0 Å². The first-order valence-electron chi connectivity index (χ1n) is 7.43. The highest BCUT2D eigenvalue weighted by molar-refractivity contribution is 6.32. The molecule has 21 heavy (non-hydrogen) atoms. The quantitative estimate of drug-likeness (QED) is 0.890. The molecule has 2 nitrogen and oxygen atoms in total. The smallest absolute Gasteiger partial charge is 0.138 e. The van der Waals surface area contributed by atoms with Crippen LogP contribution in [0.3, 0.4) is 0 Å². The van der Waals surface area contributed by atoms with Crippen LogP contribution in [0.2, 0.25) is 5.02 Å². The van der Waals surface area contributed by atoms with E-state index in [2.05, 4.69) is 30.4 Å². The van der Waals surface area contributed by atoms with Crippen LogP contribution in [0.15, 0.2) is 36.4 Å². The highest BCUT2D eigenvalue weighted by Crippen LogP contribution is 2.36. The van der Waals surface area contributed by atoms with Crippen molar-refractivity contribution in [1.29, 1.82) is 0 Å². The molecule has 0 heterocycles. The van der Waals surface area contributed by atoms with E-state index in [0.29, 0.717) is 11.1 Å². The van der Waals surface area contributed by atoms with Gasteiger partial charge in [0.15, 0.2) is 0 Å². The molecule has 0 bridgehead atoms. The lowest BCUT2D eigenvalue weighted by Gasteiger charge is -2.13. The van der Waals surface area contributed by atoms with E-state index in [1.165, 1.54) is 23.1 Å². The van der Waals surface area contributed by atoms with Gasteiger partial charge in [0.25, 0.3) is 0 Å². The molecule has 0 radical (unpaired) electrons. The Morgan fingerprint density at radius 2 is 1.95 bits per heavy atom. The third-order valence-corrected chi connectivity index (χ3v) is 4.47. The van der Waals surface area contributed by atoms with Crippen LogP contribution >= 0.6 is 11.6 Å². The van der Waals surface area contributed by atoms with E-state index >= 15 is 0 Å². The number of hydrogen-bond donors (Lipinski definition) is 1. The van der Waals surface area contributed by atoms with E-state index < -0.39 is 0 Å². The Morgan fingerprint density at radius 3 is 2.71 bits per heavy atom. The number of aryl methyl sites for hydroxylation is 1. The van der Waals surface area contributed by atoms with E-state index in [1.807, 2.05) is 18.2 Å². The maximum Gasteiger partial charge on any atom is 0.138 e. The minimum absolute atomic E-state index is 0.513. The summed E-state index contributed by atoms with van der Waals surface area (Å²) in [5, 5.41) is 4.20. The molecule has 0 saturated carbocycles. The average Bonchev–Trinajstić information content (AvgIpc) is 2.90. The molecular weight excluding hydrogens is 282 g/mol. The predicted molar refractivity (Wildman–Crippen MR) is 88.2 cm³/mol. The SMILES string of the molecule is CCNC1CCc2cc(-c3ccc(Cl)c(OC)c3)ccc21. The molecule has 0 amide bonds. The van der Waals surface area contributed by atoms with Crippen molar-refractivity contribution < 1.29 is 4.74 Å². The van der Waals surface area contributed by atoms with Gasteiger partial charge in [0.05, 0.1) is 12.1 Å². The molecule has 0 fully saturated rings. The fraction of sp³-hybridized carbons (Fsp3) is 0.333. The Labute approximate surface area is 131 Å². The van der Waals surface area contributed by atoms with Gasteiger partial charge in [0.1, 0.15) is 5.75 Å². The molecule has 2 aromatic carbocycles. The second kappa shape index (κ2) is 6.08. The summed E-state index contributed by atoms with van der Waals surface area (Å²) in [5.41, 5.74) is 5.26. The van der Waals surface area contributed by atoms with Crippen molar-refractivity contribution in [2.45, 2.75) is 25.8 Å². The molecule has 2 aromatic rings. The van der Waals surface area contributed by atoms with E-state index in [4.69, 9.17) is 16.3 Å². The second-order valence-electron chi connectivity index (χ2n) is 5.41. The van der Waals surface area contributed by atoms with Crippen LogP contribution in [0.5, 0.6) is 5.75 Å². The summed E-state index contributed by atoms with van der Waals surface area (Å²) in [6, 6.07) is 13.2. The molecule has 1 aliphatic rings. The van der Waals surface area contributed by atoms with Gasteiger partial charge in [-0.15, -0.1) is 0 Å². The Bertz CT molecular complexity index is 654. The van der Waals surface area contributed by atoms with Crippen molar-refractivity contribution in [3.63, 3.8) is 0 Å². The standard InChI is InChI=1S/C18H20ClNO/c1-3-20-17-9-6-14-10-12(4-7-15(14)17)13-5-8-16(19)18(11-13)21-2/h4-5,7-8,10-11,17,20H,3,6,9H2,1-2H3. The molecule has 3 heteroatoms. The van der Waals surface area contributed by atoms with Gasteiger partial charge in [-0.05, 0) is 53.8 Å². The first kappa shape index (κ1) is 14.4. The molecule has 110 valence electrons. The zero-order valence-corrected chi connectivity index (χ0v) is 13.2. The number of methoxy groups -OCH3 is 1. The number of benzene rings is 2. The molecule has 3 rings (SSSR count). The van der Waals surface area contributed by atoms with Gasteiger partial charge in [0, 0.05) is 6.04 Å². The summed E-state index contributed by atoms with van der Waals surface area (Å²) in [6.45, 7) is 3.17. The van der Waals surface area contributed by atoms with E-state index in [1.54, 1.807) is 7.11 Å². The Kier molecular flexibility index (Phi) is 4.18. The molecular formula is C18H20ClNO. The van der Waals surface area contributed by atoms with Gasteiger partial charge in [-0.1, -0.05) is 42.8 Å². The van der Waals surface area contributed by atoms with Gasteiger partial charge in [-0.3, -0.25) is 0 Å². The van der Waals surface area contributed by atoms with Crippen LogP contribution in [0.4, 0.5) is 0 Å². The molecule has 1 atom stereocenters. The lowest BCUT2D eigenvalue weighted by molar-refractivity contribution is 0.415. The molecule has 0 saturated heterocycles. The van der Waals surface area contributed by atoms with Crippen molar-refractivity contribution in [2.75, 3.05) is 13.7 Å². The Balaban J connectivity index is 1.94. The molecule has 0 spiro atoms. The van der Waals surface area contributed by atoms with Crippen molar-refractivity contribution in [3.05, 3.63) is 52.5 Å². The van der Waals surface area contributed by atoms with Gasteiger partial charge < -0.3 is 10.1 Å². The van der Waals surface area contributed by atoms with Crippen LogP contribution in [-0.4, -0.2) is 13.7 Å². The topological polar surface area (TPSA) is 21.3 Å². The van der Waals surface area contributed by atoms with Gasteiger partial charge in [-0.2, -0.15) is 0 Å². The summed E-state index contributed by atoms with van der Waals surface area (Å²) in [4.78, 5) is 0. The summed E-state index contributed by atoms with van der Waals surface area (Å²) < 4.78 is 5.31. The molecule has 0 aliphatic heterocycles. The van der Waals surface area contributed by atoms with Crippen molar-refractivity contribution in [1.82, 2.24) is 5.32 Å². The Morgan fingerprint density at radius 1 is 1.19 bits per heavy atom. The Hall–Kier alpha value is -1.51. The molecule has 0 aromatic heterocycles. The number of nitrogens with one attached hydrogen (secondary N) is 1. The molecule has 1 unspecified atom stereocenters.